The highest BCUT2D eigenvalue weighted by Gasteiger charge is 2.31. The smallest absolute Gasteiger partial charge is 0.166 e. The van der Waals surface area contributed by atoms with Gasteiger partial charge in [0.25, 0.3) is 0 Å². The molecule has 0 bridgehead atoms. The molecule has 0 amide bonds. The molecule has 2 saturated carbocycles. The molecule has 0 unspecified atom stereocenters. The minimum absolute atomic E-state index is 0.286. The maximum Gasteiger partial charge on any atom is 0.166 e. The van der Waals surface area contributed by atoms with Gasteiger partial charge in [-0.15, -0.1) is 0 Å². The summed E-state index contributed by atoms with van der Waals surface area (Å²) in [4.78, 5) is 16.7. The van der Waals surface area contributed by atoms with Crippen molar-refractivity contribution in [2.45, 2.75) is 38.6 Å². The lowest BCUT2D eigenvalue weighted by Gasteiger charge is -2.04. The Hall–Kier alpha value is -1.64. The molecule has 0 N–H and O–H groups in total. The molecule has 1 aromatic carbocycles. The van der Waals surface area contributed by atoms with E-state index in [0.717, 1.165) is 29.7 Å². The van der Waals surface area contributed by atoms with E-state index in [2.05, 4.69) is 22.5 Å². The molecule has 2 aliphatic carbocycles. The van der Waals surface area contributed by atoms with E-state index in [1.807, 2.05) is 12.1 Å². The summed E-state index contributed by atoms with van der Waals surface area (Å²) < 4.78 is 2.32. The fraction of sp³-hybridized carbons (Fsp3) is 0.467. The van der Waals surface area contributed by atoms with Gasteiger partial charge in [0, 0.05) is 17.5 Å². The zero-order valence-electron chi connectivity index (χ0n) is 10.5. The van der Waals surface area contributed by atoms with Crippen LogP contribution in [0.2, 0.25) is 0 Å². The molecule has 3 heteroatoms. The number of fused-ring (bicyclic) bond motifs is 1. The quantitative estimate of drug-likeness (QED) is 0.772. The summed E-state index contributed by atoms with van der Waals surface area (Å²) in [5, 5.41) is 0. The minimum Gasteiger partial charge on any atom is -0.325 e. The van der Waals surface area contributed by atoms with Crippen LogP contribution in [0, 0.1) is 12.8 Å². The molecular formula is C15H16N2O. The van der Waals surface area contributed by atoms with Crippen molar-refractivity contribution in [2.75, 3.05) is 0 Å². The number of hydrogen-bond acceptors (Lipinski definition) is 2. The van der Waals surface area contributed by atoms with Crippen molar-refractivity contribution < 1.29 is 4.79 Å². The molecule has 92 valence electrons. The second-order valence-electron chi connectivity index (χ2n) is 5.60. The van der Waals surface area contributed by atoms with E-state index < -0.39 is 0 Å². The number of carbonyl (C=O) groups excluding carboxylic acids is 1. The van der Waals surface area contributed by atoms with E-state index in [4.69, 9.17) is 0 Å². The van der Waals surface area contributed by atoms with Gasteiger partial charge in [0.15, 0.2) is 5.78 Å². The number of aromatic nitrogens is 2. The summed E-state index contributed by atoms with van der Waals surface area (Å²) in [6.45, 7) is 2.06. The number of nitrogens with zero attached hydrogens (tertiary/aromatic N) is 2. The molecule has 2 aliphatic rings. The Balaban J connectivity index is 1.83. The molecule has 3 nitrogen and oxygen atoms in total. The Morgan fingerprint density at radius 3 is 2.72 bits per heavy atom. The van der Waals surface area contributed by atoms with Crippen LogP contribution < -0.4 is 0 Å². The largest absolute Gasteiger partial charge is 0.325 e. The van der Waals surface area contributed by atoms with Crippen LogP contribution in [0.1, 0.15) is 47.9 Å². The summed E-state index contributed by atoms with van der Waals surface area (Å²) in [6.07, 6.45) is 4.64. The fourth-order valence-corrected chi connectivity index (χ4v) is 2.75. The van der Waals surface area contributed by atoms with Crippen LogP contribution in [0.15, 0.2) is 18.2 Å². The Morgan fingerprint density at radius 2 is 2.06 bits per heavy atom. The van der Waals surface area contributed by atoms with Gasteiger partial charge in [-0.1, -0.05) is 0 Å². The van der Waals surface area contributed by atoms with Crippen molar-refractivity contribution in [2.24, 2.45) is 5.92 Å². The minimum atomic E-state index is 0.286. The first-order valence-electron chi connectivity index (χ1n) is 6.77. The summed E-state index contributed by atoms with van der Waals surface area (Å²) in [7, 11) is 0. The van der Waals surface area contributed by atoms with Gasteiger partial charge in [0.1, 0.15) is 5.82 Å². The van der Waals surface area contributed by atoms with Crippen molar-refractivity contribution in [1.29, 1.82) is 0 Å². The van der Waals surface area contributed by atoms with Gasteiger partial charge >= 0.3 is 0 Å². The zero-order chi connectivity index (χ0) is 12.3. The van der Waals surface area contributed by atoms with Crippen LogP contribution in [-0.2, 0) is 0 Å². The number of imidazole rings is 1. The topological polar surface area (TPSA) is 34.9 Å². The number of benzene rings is 1. The molecule has 0 spiro atoms. The molecular weight excluding hydrogens is 224 g/mol. The Bertz CT molecular complexity index is 648. The van der Waals surface area contributed by atoms with Crippen molar-refractivity contribution in [3.05, 3.63) is 29.6 Å². The van der Waals surface area contributed by atoms with E-state index >= 15 is 0 Å². The molecule has 0 atom stereocenters. The zero-order valence-corrected chi connectivity index (χ0v) is 10.5. The second-order valence-corrected chi connectivity index (χ2v) is 5.60. The second kappa shape index (κ2) is 3.44. The number of rotatable bonds is 3. The maximum atomic E-state index is 12.1. The monoisotopic (exact) mass is 240 g/mol. The molecule has 2 aromatic rings. The van der Waals surface area contributed by atoms with Gasteiger partial charge < -0.3 is 4.57 Å². The predicted octanol–water partition coefficient (Wildman–Crippen LogP) is 3.27. The number of ketones is 1. The third-order valence-corrected chi connectivity index (χ3v) is 4.01. The number of aryl methyl sites for hydroxylation is 1. The standard InChI is InChI=1S/C15H16N2O/c1-9-16-13-8-11(15(18)10-2-3-10)4-7-14(13)17(9)12-5-6-12/h4,7-8,10,12H,2-3,5-6H2,1H3. The molecule has 2 fully saturated rings. The maximum absolute atomic E-state index is 12.1. The Kier molecular flexibility index (Phi) is 1.97. The third-order valence-electron chi connectivity index (χ3n) is 4.01. The van der Waals surface area contributed by atoms with E-state index in [-0.39, 0.29) is 5.92 Å². The molecule has 1 heterocycles. The van der Waals surface area contributed by atoms with E-state index in [9.17, 15) is 4.79 Å². The highest BCUT2D eigenvalue weighted by Crippen LogP contribution is 2.39. The highest BCUT2D eigenvalue weighted by molar-refractivity contribution is 6.01. The Morgan fingerprint density at radius 1 is 1.28 bits per heavy atom. The van der Waals surface area contributed by atoms with Crippen LogP contribution >= 0.6 is 0 Å². The summed E-state index contributed by atoms with van der Waals surface area (Å²) in [6, 6.07) is 6.66. The van der Waals surface area contributed by atoms with Crippen LogP contribution in [0.3, 0.4) is 0 Å². The SMILES string of the molecule is Cc1nc2cc(C(=O)C3CC3)ccc2n1C1CC1. The van der Waals surface area contributed by atoms with Gasteiger partial charge in [0.05, 0.1) is 11.0 Å². The van der Waals surface area contributed by atoms with Crippen molar-refractivity contribution in [3.63, 3.8) is 0 Å². The van der Waals surface area contributed by atoms with Crippen molar-refractivity contribution in [3.8, 4) is 0 Å². The number of Topliss-reactive ketones (excluding diaryl/α,β-unsaturated/α-hetero) is 1. The van der Waals surface area contributed by atoms with Crippen molar-refractivity contribution in [1.82, 2.24) is 9.55 Å². The molecule has 0 saturated heterocycles. The van der Waals surface area contributed by atoms with Gasteiger partial charge in [-0.2, -0.15) is 0 Å². The van der Waals surface area contributed by atoms with E-state index in [1.54, 1.807) is 0 Å². The first kappa shape index (κ1) is 10.3. The van der Waals surface area contributed by atoms with Crippen LogP contribution in [0.4, 0.5) is 0 Å². The molecule has 0 aliphatic heterocycles. The van der Waals surface area contributed by atoms with Gasteiger partial charge in [0.2, 0.25) is 0 Å². The fourth-order valence-electron chi connectivity index (χ4n) is 2.75. The summed E-state index contributed by atoms with van der Waals surface area (Å²) >= 11 is 0. The highest BCUT2D eigenvalue weighted by atomic mass is 16.1. The average Bonchev–Trinajstić information content (AvgIpc) is 3.24. The summed E-state index contributed by atoms with van der Waals surface area (Å²) in [5.41, 5.74) is 3.00. The van der Waals surface area contributed by atoms with Gasteiger partial charge in [-0.05, 0) is 50.8 Å². The molecule has 18 heavy (non-hydrogen) atoms. The molecule has 0 radical (unpaired) electrons. The number of carbonyl (C=O) groups is 1. The predicted molar refractivity (Wildman–Crippen MR) is 69.8 cm³/mol. The first-order chi connectivity index (χ1) is 8.74. The third kappa shape index (κ3) is 1.50. The van der Waals surface area contributed by atoms with E-state index in [1.165, 1.54) is 18.4 Å². The lowest BCUT2D eigenvalue weighted by atomic mass is 10.1. The van der Waals surface area contributed by atoms with Crippen LogP contribution in [-0.4, -0.2) is 15.3 Å². The average molecular weight is 240 g/mol. The number of hydrogen-bond donors (Lipinski definition) is 0. The lowest BCUT2D eigenvalue weighted by Crippen LogP contribution is -2.01. The van der Waals surface area contributed by atoms with Crippen LogP contribution in [0.5, 0.6) is 0 Å². The van der Waals surface area contributed by atoms with E-state index in [0.29, 0.717) is 11.8 Å². The van der Waals surface area contributed by atoms with Gasteiger partial charge in [-0.3, -0.25) is 4.79 Å². The van der Waals surface area contributed by atoms with Crippen molar-refractivity contribution >= 4 is 16.8 Å². The van der Waals surface area contributed by atoms with Crippen LogP contribution in [0.25, 0.3) is 11.0 Å². The molecule has 4 rings (SSSR count). The lowest BCUT2D eigenvalue weighted by molar-refractivity contribution is 0.0968. The Labute approximate surface area is 106 Å². The molecule has 1 aromatic heterocycles. The normalized spacial score (nSPS) is 19.4. The first-order valence-corrected chi connectivity index (χ1v) is 6.77. The van der Waals surface area contributed by atoms with Gasteiger partial charge in [-0.25, -0.2) is 4.98 Å². The summed E-state index contributed by atoms with van der Waals surface area (Å²) in [5.74, 6) is 1.66.